The zero-order chi connectivity index (χ0) is 18.5. The van der Waals surface area contributed by atoms with Gasteiger partial charge in [-0.2, -0.15) is 5.26 Å². The molecule has 128 valence electrons. The third-order valence-corrected chi connectivity index (χ3v) is 4.02. The van der Waals surface area contributed by atoms with Crippen LogP contribution in [0.3, 0.4) is 0 Å². The lowest BCUT2D eigenvalue weighted by Crippen LogP contribution is -2.14. The number of aryl methyl sites for hydroxylation is 1. The molecule has 0 spiro atoms. The van der Waals surface area contributed by atoms with Gasteiger partial charge in [-0.05, 0) is 55.3 Å². The highest BCUT2D eigenvalue weighted by atomic mass is 16.1. The van der Waals surface area contributed by atoms with Crippen LogP contribution in [0.1, 0.15) is 27.2 Å². The van der Waals surface area contributed by atoms with Gasteiger partial charge in [0.1, 0.15) is 11.5 Å². The predicted octanol–water partition coefficient (Wildman–Crippen LogP) is 3.96. The fourth-order valence-corrected chi connectivity index (χ4v) is 2.36. The van der Waals surface area contributed by atoms with E-state index in [1.54, 1.807) is 24.3 Å². The first kappa shape index (κ1) is 17.1. The molecule has 0 atom stereocenters. The number of benzene rings is 2. The zero-order valence-corrected chi connectivity index (χ0v) is 14.4. The second-order valence-corrected chi connectivity index (χ2v) is 5.80. The van der Waals surface area contributed by atoms with E-state index in [4.69, 9.17) is 5.26 Å². The van der Waals surface area contributed by atoms with E-state index in [9.17, 15) is 4.79 Å². The van der Waals surface area contributed by atoms with Crippen LogP contribution in [0.4, 0.5) is 17.2 Å². The number of nitriles is 1. The van der Waals surface area contributed by atoms with Crippen LogP contribution in [-0.2, 0) is 0 Å². The third kappa shape index (κ3) is 3.84. The Morgan fingerprint density at radius 1 is 1.04 bits per heavy atom. The molecule has 0 unspecified atom stereocenters. The molecule has 2 aromatic carbocycles. The van der Waals surface area contributed by atoms with Crippen LogP contribution in [0.2, 0.25) is 0 Å². The number of carbonyl (C=O) groups is 1. The van der Waals surface area contributed by atoms with Crippen molar-refractivity contribution in [2.75, 3.05) is 10.6 Å². The maximum absolute atomic E-state index is 12.2. The minimum absolute atomic E-state index is 0.209. The van der Waals surface area contributed by atoms with Crippen LogP contribution in [0.15, 0.2) is 54.9 Å². The summed E-state index contributed by atoms with van der Waals surface area (Å²) in [5, 5.41) is 14.7. The maximum atomic E-state index is 12.2. The molecule has 6 nitrogen and oxygen atoms in total. The minimum Gasteiger partial charge on any atom is -0.339 e. The average Bonchev–Trinajstić information content (AvgIpc) is 2.66. The van der Waals surface area contributed by atoms with Crippen molar-refractivity contribution in [3.63, 3.8) is 0 Å². The molecule has 1 amide bonds. The van der Waals surface area contributed by atoms with Crippen LogP contribution in [0.25, 0.3) is 0 Å². The van der Waals surface area contributed by atoms with E-state index in [0.717, 1.165) is 11.3 Å². The summed E-state index contributed by atoms with van der Waals surface area (Å²) in [5.41, 5.74) is 4.60. The van der Waals surface area contributed by atoms with E-state index in [1.165, 1.54) is 18.0 Å². The molecule has 1 heterocycles. The van der Waals surface area contributed by atoms with E-state index < -0.39 is 0 Å². The molecule has 2 N–H and O–H groups in total. The lowest BCUT2D eigenvalue weighted by Gasteiger charge is -2.10. The quantitative estimate of drug-likeness (QED) is 0.748. The van der Waals surface area contributed by atoms with Gasteiger partial charge in [0.2, 0.25) is 0 Å². The molecule has 3 aromatic rings. The highest BCUT2D eigenvalue weighted by molar-refractivity contribution is 6.02. The van der Waals surface area contributed by atoms with Gasteiger partial charge in [0.05, 0.1) is 24.0 Å². The predicted molar refractivity (Wildman–Crippen MR) is 100 cm³/mol. The van der Waals surface area contributed by atoms with Gasteiger partial charge >= 0.3 is 0 Å². The molecular formula is C20H17N5O. The second-order valence-electron chi connectivity index (χ2n) is 5.80. The van der Waals surface area contributed by atoms with Crippen LogP contribution < -0.4 is 10.6 Å². The summed E-state index contributed by atoms with van der Waals surface area (Å²) in [4.78, 5) is 20.7. The van der Waals surface area contributed by atoms with Gasteiger partial charge in [0.25, 0.3) is 5.91 Å². The first-order valence-corrected chi connectivity index (χ1v) is 8.03. The lowest BCUT2D eigenvalue weighted by atomic mass is 10.1. The molecule has 0 fully saturated rings. The summed E-state index contributed by atoms with van der Waals surface area (Å²) in [6.07, 6.45) is 2.95. The Morgan fingerprint density at radius 3 is 2.46 bits per heavy atom. The molecule has 0 aliphatic rings. The first-order valence-electron chi connectivity index (χ1n) is 8.03. The molecule has 3 rings (SSSR count). The van der Waals surface area contributed by atoms with Crippen molar-refractivity contribution >= 4 is 23.1 Å². The Balaban J connectivity index is 1.69. The molecule has 0 saturated heterocycles. The number of nitrogens with one attached hydrogen (secondary N) is 2. The maximum Gasteiger partial charge on any atom is 0.275 e. The Bertz CT molecular complexity index is 973. The number of hydrogen-bond donors (Lipinski definition) is 2. The number of amides is 1. The lowest BCUT2D eigenvalue weighted by molar-refractivity contribution is 0.102. The molecular weight excluding hydrogens is 326 g/mol. The number of aromatic nitrogens is 2. The largest absolute Gasteiger partial charge is 0.339 e. The van der Waals surface area contributed by atoms with E-state index >= 15 is 0 Å². The van der Waals surface area contributed by atoms with Crippen molar-refractivity contribution < 1.29 is 4.79 Å². The van der Waals surface area contributed by atoms with Crippen LogP contribution in [-0.4, -0.2) is 15.9 Å². The van der Waals surface area contributed by atoms with Crippen molar-refractivity contribution in [1.82, 2.24) is 9.97 Å². The minimum atomic E-state index is -0.361. The Hall–Kier alpha value is -3.72. The topological polar surface area (TPSA) is 90.7 Å². The smallest absolute Gasteiger partial charge is 0.275 e. The van der Waals surface area contributed by atoms with Crippen LogP contribution >= 0.6 is 0 Å². The average molecular weight is 343 g/mol. The molecule has 0 aliphatic carbocycles. The Kier molecular flexibility index (Phi) is 4.90. The number of carbonyl (C=O) groups excluding carboxylic acids is 1. The summed E-state index contributed by atoms with van der Waals surface area (Å²) in [7, 11) is 0. The molecule has 0 radical (unpaired) electrons. The Morgan fingerprint density at radius 2 is 1.81 bits per heavy atom. The van der Waals surface area contributed by atoms with Crippen molar-refractivity contribution in [1.29, 1.82) is 5.26 Å². The van der Waals surface area contributed by atoms with Gasteiger partial charge in [-0.3, -0.25) is 4.79 Å². The van der Waals surface area contributed by atoms with Gasteiger partial charge in [0, 0.05) is 11.4 Å². The number of nitrogens with zero attached hydrogens (tertiary/aromatic N) is 3. The van der Waals surface area contributed by atoms with Gasteiger partial charge in [-0.25, -0.2) is 9.97 Å². The van der Waals surface area contributed by atoms with E-state index in [1.807, 2.05) is 38.1 Å². The fourth-order valence-electron chi connectivity index (χ4n) is 2.36. The summed E-state index contributed by atoms with van der Waals surface area (Å²) in [6, 6.07) is 14.6. The number of rotatable bonds is 4. The van der Waals surface area contributed by atoms with Crippen molar-refractivity contribution in [3.05, 3.63) is 77.2 Å². The Labute approximate surface area is 151 Å². The molecule has 0 saturated carbocycles. The number of anilines is 3. The standard InChI is InChI=1S/C20H17N5O/c1-13-4-3-5-17(14(13)2)25-19-12-22-18(11-23-19)20(26)24-16-8-6-15(10-21)7-9-16/h3-9,11-12H,1-2H3,(H,23,25)(H,24,26). The molecule has 26 heavy (non-hydrogen) atoms. The highest BCUT2D eigenvalue weighted by Crippen LogP contribution is 2.21. The van der Waals surface area contributed by atoms with E-state index in [0.29, 0.717) is 17.1 Å². The van der Waals surface area contributed by atoms with Crippen molar-refractivity contribution in [3.8, 4) is 6.07 Å². The summed E-state index contributed by atoms with van der Waals surface area (Å²) in [6.45, 7) is 4.08. The monoisotopic (exact) mass is 343 g/mol. The zero-order valence-electron chi connectivity index (χ0n) is 14.4. The van der Waals surface area contributed by atoms with E-state index in [-0.39, 0.29) is 11.6 Å². The first-order chi connectivity index (χ1) is 12.6. The molecule has 0 bridgehead atoms. The SMILES string of the molecule is Cc1cccc(Nc2cnc(C(=O)Nc3ccc(C#N)cc3)cn2)c1C. The molecule has 6 heteroatoms. The normalized spacial score (nSPS) is 10.0. The fraction of sp³-hybridized carbons (Fsp3) is 0.100. The van der Waals surface area contributed by atoms with Gasteiger partial charge in [-0.1, -0.05) is 12.1 Å². The summed E-state index contributed by atoms with van der Waals surface area (Å²) in [5.74, 6) is 0.203. The van der Waals surface area contributed by atoms with Gasteiger partial charge < -0.3 is 10.6 Å². The highest BCUT2D eigenvalue weighted by Gasteiger charge is 2.09. The van der Waals surface area contributed by atoms with Crippen LogP contribution in [0.5, 0.6) is 0 Å². The van der Waals surface area contributed by atoms with Crippen LogP contribution in [0, 0.1) is 25.2 Å². The van der Waals surface area contributed by atoms with Gasteiger partial charge in [-0.15, -0.1) is 0 Å². The van der Waals surface area contributed by atoms with Crippen molar-refractivity contribution in [2.24, 2.45) is 0 Å². The van der Waals surface area contributed by atoms with E-state index in [2.05, 4.69) is 20.6 Å². The molecule has 0 aliphatic heterocycles. The van der Waals surface area contributed by atoms with Gasteiger partial charge in [0.15, 0.2) is 0 Å². The summed E-state index contributed by atoms with van der Waals surface area (Å²) < 4.78 is 0. The molecule has 1 aromatic heterocycles. The van der Waals surface area contributed by atoms with Crippen molar-refractivity contribution in [2.45, 2.75) is 13.8 Å². The summed E-state index contributed by atoms with van der Waals surface area (Å²) >= 11 is 0. The number of hydrogen-bond acceptors (Lipinski definition) is 5. The second kappa shape index (κ2) is 7.45. The third-order valence-electron chi connectivity index (χ3n) is 4.02.